The molecule has 0 saturated heterocycles. The maximum absolute atomic E-state index is 12.0. The first kappa shape index (κ1) is 24.5. The van der Waals surface area contributed by atoms with Crippen molar-refractivity contribution in [1.82, 2.24) is 5.43 Å². The molecule has 0 unspecified atom stereocenters. The monoisotopic (exact) mass is 527 g/mol. The van der Waals surface area contributed by atoms with E-state index in [2.05, 4.69) is 26.5 Å². The van der Waals surface area contributed by atoms with Crippen molar-refractivity contribution in [2.75, 3.05) is 5.75 Å². The summed E-state index contributed by atoms with van der Waals surface area (Å²) in [5, 5.41) is 14.7. The van der Waals surface area contributed by atoms with Crippen molar-refractivity contribution in [1.29, 1.82) is 0 Å². The Morgan fingerprint density at radius 1 is 1.12 bits per heavy atom. The highest BCUT2D eigenvalue weighted by Gasteiger charge is 2.08. The normalized spacial score (nSPS) is 10.9. The zero-order valence-corrected chi connectivity index (χ0v) is 20.5. The number of amides is 1. The van der Waals surface area contributed by atoms with Crippen molar-refractivity contribution in [3.8, 4) is 5.75 Å². The van der Waals surface area contributed by atoms with Crippen LogP contribution in [0.4, 0.5) is 5.69 Å². The van der Waals surface area contributed by atoms with Crippen molar-refractivity contribution >= 4 is 45.5 Å². The van der Waals surface area contributed by atoms with Gasteiger partial charge >= 0.3 is 0 Å². The minimum atomic E-state index is -0.458. The summed E-state index contributed by atoms with van der Waals surface area (Å²) in [7, 11) is 0. The quantitative estimate of drug-likeness (QED) is 0.164. The summed E-state index contributed by atoms with van der Waals surface area (Å²) in [5.41, 5.74) is 6.41. The fourth-order valence-corrected chi connectivity index (χ4v) is 4.00. The van der Waals surface area contributed by atoms with Crippen LogP contribution >= 0.6 is 27.7 Å². The lowest BCUT2D eigenvalue weighted by Gasteiger charge is -2.13. The highest BCUT2D eigenvalue weighted by molar-refractivity contribution is 9.10. The van der Waals surface area contributed by atoms with Crippen molar-refractivity contribution in [2.24, 2.45) is 5.10 Å². The van der Waals surface area contributed by atoms with E-state index in [1.807, 2.05) is 50.2 Å². The third-order valence-electron chi connectivity index (χ3n) is 4.60. The highest BCUT2D eigenvalue weighted by atomic mass is 79.9. The minimum Gasteiger partial charge on any atom is -0.488 e. The number of nitro groups is 1. The van der Waals surface area contributed by atoms with Crippen LogP contribution in [0.5, 0.6) is 5.75 Å². The van der Waals surface area contributed by atoms with Crippen molar-refractivity contribution in [2.45, 2.75) is 25.3 Å². The molecule has 33 heavy (non-hydrogen) atoms. The van der Waals surface area contributed by atoms with Crippen LogP contribution in [-0.4, -0.2) is 22.8 Å². The molecular weight excluding hydrogens is 506 g/mol. The summed E-state index contributed by atoms with van der Waals surface area (Å²) < 4.78 is 7.04. The number of halogens is 1. The SMILES string of the molecule is Cc1cc(/C=N\NC(=O)CSc2ccc([N+](=O)[O-])cc2)cc(C)c1OCc1ccc(Br)cc1. The third kappa shape index (κ3) is 7.44. The van der Waals surface area contributed by atoms with Gasteiger partial charge in [0.25, 0.3) is 5.69 Å². The molecule has 3 aromatic rings. The molecule has 9 heteroatoms. The van der Waals surface area contributed by atoms with E-state index in [0.717, 1.165) is 37.4 Å². The van der Waals surface area contributed by atoms with E-state index in [0.29, 0.717) is 6.61 Å². The number of nitrogens with one attached hydrogen (secondary N) is 1. The summed E-state index contributed by atoms with van der Waals surface area (Å²) in [5.74, 6) is 0.715. The Morgan fingerprint density at radius 2 is 1.76 bits per heavy atom. The molecule has 0 saturated carbocycles. The number of aryl methyl sites for hydroxylation is 2. The van der Waals surface area contributed by atoms with Gasteiger partial charge in [0.15, 0.2) is 0 Å². The third-order valence-corrected chi connectivity index (χ3v) is 6.14. The van der Waals surface area contributed by atoms with Gasteiger partial charge in [-0.25, -0.2) is 5.43 Å². The molecule has 0 heterocycles. The minimum absolute atomic E-state index is 0.0173. The van der Waals surface area contributed by atoms with Gasteiger partial charge in [-0.2, -0.15) is 5.10 Å². The topological polar surface area (TPSA) is 93.8 Å². The molecular formula is C24H22BrN3O4S. The van der Waals surface area contributed by atoms with Crippen LogP contribution in [0.2, 0.25) is 0 Å². The van der Waals surface area contributed by atoms with Gasteiger partial charge in [-0.3, -0.25) is 14.9 Å². The smallest absolute Gasteiger partial charge is 0.269 e. The summed E-state index contributed by atoms with van der Waals surface area (Å²) >= 11 is 4.71. The second-order valence-corrected chi connectivity index (χ2v) is 9.20. The molecule has 0 spiro atoms. The molecule has 7 nitrogen and oxygen atoms in total. The molecule has 0 atom stereocenters. The van der Waals surface area contributed by atoms with E-state index in [-0.39, 0.29) is 17.3 Å². The Morgan fingerprint density at radius 3 is 2.36 bits per heavy atom. The number of carbonyl (C=O) groups excluding carboxylic acids is 1. The van der Waals surface area contributed by atoms with Gasteiger partial charge in [-0.1, -0.05) is 28.1 Å². The second-order valence-electron chi connectivity index (χ2n) is 7.23. The summed E-state index contributed by atoms with van der Waals surface area (Å²) in [4.78, 5) is 23.0. The predicted octanol–water partition coefficient (Wildman–Crippen LogP) is 5.80. The maximum atomic E-state index is 12.0. The van der Waals surface area contributed by atoms with Gasteiger partial charge in [0.05, 0.1) is 16.9 Å². The van der Waals surface area contributed by atoms with Gasteiger partial charge in [0.1, 0.15) is 12.4 Å². The lowest BCUT2D eigenvalue weighted by atomic mass is 10.1. The van der Waals surface area contributed by atoms with E-state index >= 15 is 0 Å². The Hall–Kier alpha value is -3.17. The fourth-order valence-electron chi connectivity index (χ4n) is 3.05. The van der Waals surface area contributed by atoms with E-state index in [1.165, 1.54) is 23.9 Å². The zero-order chi connectivity index (χ0) is 23.8. The molecule has 0 aliphatic heterocycles. The lowest BCUT2D eigenvalue weighted by Crippen LogP contribution is -2.19. The van der Waals surface area contributed by atoms with Gasteiger partial charge in [0, 0.05) is 21.5 Å². The predicted molar refractivity (Wildman–Crippen MR) is 134 cm³/mol. The van der Waals surface area contributed by atoms with Gasteiger partial charge in [-0.05, 0) is 72.5 Å². The van der Waals surface area contributed by atoms with Crippen LogP contribution in [-0.2, 0) is 11.4 Å². The molecule has 0 fully saturated rings. The maximum Gasteiger partial charge on any atom is 0.269 e. The highest BCUT2D eigenvalue weighted by Crippen LogP contribution is 2.26. The van der Waals surface area contributed by atoms with Crippen LogP contribution in [0.3, 0.4) is 0 Å². The number of hydrogen-bond acceptors (Lipinski definition) is 6. The first-order valence-corrected chi connectivity index (χ1v) is 11.8. The van der Waals surface area contributed by atoms with Crippen molar-refractivity contribution in [3.05, 3.63) is 97.5 Å². The van der Waals surface area contributed by atoms with E-state index in [1.54, 1.807) is 18.3 Å². The Labute approximate surface area is 204 Å². The van der Waals surface area contributed by atoms with Gasteiger partial charge in [-0.15, -0.1) is 11.8 Å². The Balaban J connectivity index is 1.51. The molecule has 170 valence electrons. The van der Waals surface area contributed by atoms with Gasteiger partial charge in [0.2, 0.25) is 5.91 Å². The zero-order valence-electron chi connectivity index (χ0n) is 18.1. The molecule has 0 aliphatic carbocycles. The van der Waals surface area contributed by atoms with Crippen LogP contribution in [0, 0.1) is 24.0 Å². The molecule has 1 N–H and O–H groups in total. The molecule has 1 amide bonds. The number of rotatable bonds is 9. The number of thioether (sulfide) groups is 1. The standard InChI is InChI=1S/C24H22BrN3O4S/c1-16-11-19(12-17(2)24(16)32-14-18-3-5-20(25)6-4-18)13-26-27-23(29)15-33-22-9-7-21(8-10-22)28(30)31/h3-13H,14-15H2,1-2H3,(H,27,29)/b26-13-. The number of ether oxygens (including phenoxy) is 1. The van der Waals surface area contributed by atoms with Crippen LogP contribution < -0.4 is 10.2 Å². The summed E-state index contributed by atoms with van der Waals surface area (Å²) in [6.45, 7) is 4.42. The Kier molecular flexibility index (Phi) is 8.62. The first-order valence-electron chi connectivity index (χ1n) is 9.99. The van der Waals surface area contributed by atoms with Crippen LogP contribution in [0.15, 0.2) is 75.1 Å². The van der Waals surface area contributed by atoms with Crippen LogP contribution in [0.25, 0.3) is 0 Å². The number of hydrogen-bond donors (Lipinski definition) is 1. The second kappa shape index (κ2) is 11.6. The van der Waals surface area contributed by atoms with Crippen LogP contribution in [0.1, 0.15) is 22.3 Å². The number of benzene rings is 3. The number of nitro benzene ring substituents is 1. The average Bonchev–Trinajstić information content (AvgIpc) is 2.78. The van der Waals surface area contributed by atoms with Crippen molar-refractivity contribution in [3.63, 3.8) is 0 Å². The Bertz CT molecular complexity index is 1140. The molecule has 0 aromatic heterocycles. The van der Waals surface area contributed by atoms with E-state index < -0.39 is 4.92 Å². The van der Waals surface area contributed by atoms with Gasteiger partial charge < -0.3 is 4.74 Å². The summed E-state index contributed by atoms with van der Waals surface area (Å²) in [6, 6.07) is 17.9. The number of nitrogens with zero attached hydrogens (tertiary/aromatic N) is 2. The lowest BCUT2D eigenvalue weighted by molar-refractivity contribution is -0.384. The first-order chi connectivity index (χ1) is 15.8. The molecule has 0 aliphatic rings. The molecule has 3 aromatic carbocycles. The fraction of sp³-hybridized carbons (Fsp3) is 0.167. The number of carbonyl (C=O) groups is 1. The van der Waals surface area contributed by atoms with E-state index in [4.69, 9.17) is 4.74 Å². The summed E-state index contributed by atoms with van der Waals surface area (Å²) in [6.07, 6.45) is 1.59. The van der Waals surface area contributed by atoms with E-state index in [9.17, 15) is 14.9 Å². The number of non-ortho nitro benzene ring substituents is 1. The number of hydrazone groups is 1. The largest absolute Gasteiger partial charge is 0.488 e. The molecule has 0 bridgehead atoms. The molecule has 0 radical (unpaired) electrons. The average molecular weight is 528 g/mol. The van der Waals surface area contributed by atoms with Crippen molar-refractivity contribution < 1.29 is 14.5 Å². The molecule has 3 rings (SSSR count).